The number of aromatic nitrogens is 5. The number of fused-ring (bicyclic) bond motifs is 2. The van der Waals surface area contributed by atoms with Gasteiger partial charge in [-0.15, -0.1) is 5.10 Å². The lowest BCUT2D eigenvalue weighted by atomic mass is 10.2. The first-order valence-corrected chi connectivity index (χ1v) is 9.43. The maximum atomic E-state index is 13.1. The molecule has 0 amide bonds. The van der Waals surface area contributed by atoms with Gasteiger partial charge in [0.1, 0.15) is 22.7 Å². The highest BCUT2D eigenvalue weighted by atomic mass is 19.3. The molecule has 0 unspecified atom stereocenters. The monoisotopic (exact) mass is 418 g/mol. The maximum absolute atomic E-state index is 13.1. The smallest absolute Gasteiger partial charge is 0.280 e. The molecular weight excluding hydrogens is 402 g/mol. The minimum absolute atomic E-state index is 0.230. The fourth-order valence-electron chi connectivity index (χ4n) is 3.32. The Morgan fingerprint density at radius 3 is 2.77 bits per heavy atom. The molecule has 1 aromatic carbocycles. The average molecular weight is 418 g/mol. The summed E-state index contributed by atoms with van der Waals surface area (Å²) < 4.78 is 33.1. The van der Waals surface area contributed by atoms with Gasteiger partial charge in [-0.2, -0.15) is 0 Å². The zero-order valence-electron chi connectivity index (χ0n) is 16.3. The first-order valence-electron chi connectivity index (χ1n) is 9.43. The van der Waals surface area contributed by atoms with Crippen LogP contribution >= 0.6 is 0 Å². The van der Waals surface area contributed by atoms with Gasteiger partial charge in [-0.3, -0.25) is 4.98 Å². The van der Waals surface area contributed by atoms with Crippen molar-refractivity contribution in [3.63, 3.8) is 0 Å². The Hall–Kier alpha value is -4.14. The van der Waals surface area contributed by atoms with Crippen molar-refractivity contribution >= 4 is 27.9 Å². The minimum atomic E-state index is -2.67. The third-order valence-electron chi connectivity index (χ3n) is 4.82. The lowest BCUT2D eigenvalue weighted by Gasteiger charge is -2.12. The molecule has 0 radical (unpaired) electrons. The van der Waals surface area contributed by atoms with Crippen LogP contribution in [0.5, 0.6) is 5.75 Å². The van der Waals surface area contributed by atoms with Crippen molar-refractivity contribution in [2.75, 3.05) is 12.4 Å². The predicted molar refractivity (Wildman–Crippen MR) is 113 cm³/mol. The van der Waals surface area contributed by atoms with Gasteiger partial charge in [0.2, 0.25) is 5.82 Å². The highest BCUT2D eigenvalue weighted by Crippen LogP contribution is 2.30. The zero-order valence-corrected chi connectivity index (χ0v) is 16.3. The topological polar surface area (TPSA) is 77.2 Å². The molecule has 0 bridgehead atoms. The number of anilines is 2. The molecule has 0 saturated heterocycles. The van der Waals surface area contributed by atoms with Gasteiger partial charge in [0, 0.05) is 23.8 Å². The van der Waals surface area contributed by atoms with Crippen LogP contribution < -0.4 is 10.1 Å². The van der Waals surface area contributed by atoms with Crippen LogP contribution in [0.15, 0.2) is 67.0 Å². The summed E-state index contributed by atoms with van der Waals surface area (Å²) >= 11 is 0. The van der Waals surface area contributed by atoms with E-state index in [9.17, 15) is 8.78 Å². The number of rotatable bonds is 5. The molecule has 31 heavy (non-hydrogen) atoms. The molecule has 9 heteroatoms. The summed E-state index contributed by atoms with van der Waals surface area (Å²) in [5, 5.41) is 8.64. The third-order valence-corrected chi connectivity index (χ3v) is 4.82. The second-order valence-corrected chi connectivity index (χ2v) is 6.74. The van der Waals surface area contributed by atoms with Crippen LogP contribution in [-0.2, 0) is 0 Å². The molecule has 0 aliphatic rings. The number of benzene rings is 1. The van der Waals surface area contributed by atoms with Crippen LogP contribution in [0.25, 0.3) is 27.9 Å². The summed E-state index contributed by atoms with van der Waals surface area (Å²) in [6.07, 6.45) is 0.779. The molecule has 4 heterocycles. The number of methoxy groups -OCH3 is 1. The van der Waals surface area contributed by atoms with Crippen molar-refractivity contribution in [3.8, 4) is 17.3 Å². The van der Waals surface area contributed by atoms with E-state index in [1.807, 2.05) is 36.4 Å². The molecule has 0 atom stereocenters. The van der Waals surface area contributed by atoms with E-state index in [1.54, 1.807) is 30.1 Å². The highest BCUT2D eigenvalue weighted by Gasteiger charge is 2.15. The number of ether oxygens (including phenoxy) is 1. The Morgan fingerprint density at radius 2 is 1.94 bits per heavy atom. The average Bonchev–Trinajstić information content (AvgIpc) is 3.28. The van der Waals surface area contributed by atoms with Gasteiger partial charge in [-0.25, -0.2) is 23.3 Å². The van der Waals surface area contributed by atoms with E-state index in [0.29, 0.717) is 11.6 Å². The Morgan fingerprint density at radius 1 is 1.03 bits per heavy atom. The second kappa shape index (κ2) is 7.60. The minimum Gasteiger partial charge on any atom is -0.497 e. The van der Waals surface area contributed by atoms with Gasteiger partial charge >= 0.3 is 0 Å². The summed E-state index contributed by atoms with van der Waals surface area (Å²) in [4.78, 5) is 13.0. The van der Waals surface area contributed by atoms with Crippen molar-refractivity contribution < 1.29 is 13.5 Å². The van der Waals surface area contributed by atoms with Crippen LogP contribution in [0.3, 0.4) is 0 Å². The largest absolute Gasteiger partial charge is 0.497 e. The molecule has 154 valence electrons. The van der Waals surface area contributed by atoms with Crippen LogP contribution in [0, 0.1) is 0 Å². The van der Waals surface area contributed by atoms with E-state index in [2.05, 4.69) is 25.4 Å². The molecule has 0 spiro atoms. The molecule has 0 saturated carbocycles. The molecule has 5 rings (SSSR count). The number of nitrogens with zero attached hydrogens (tertiary/aromatic N) is 5. The first-order chi connectivity index (χ1) is 15.1. The molecule has 0 aliphatic heterocycles. The summed E-state index contributed by atoms with van der Waals surface area (Å²) in [7, 11) is 1.60. The molecule has 0 aliphatic carbocycles. The molecule has 7 nitrogen and oxygen atoms in total. The molecule has 1 N–H and O–H groups in total. The zero-order chi connectivity index (χ0) is 21.4. The summed E-state index contributed by atoms with van der Waals surface area (Å²) in [6.45, 7) is 0. The van der Waals surface area contributed by atoms with Crippen LogP contribution in [0.1, 0.15) is 12.1 Å². The van der Waals surface area contributed by atoms with Crippen LogP contribution in [0.4, 0.5) is 20.3 Å². The Balaban J connectivity index is 1.62. The maximum Gasteiger partial charge on any atom is 0.280 e. The normalized spacial score (nSPS) is 11.4. The number of pyridine rings is 2. The highest BCUT2D eigenvalue weighted by molar-refractivity contribution is 5.94. The SMILES string of the molecule is COc1ccc2c(Nc3nc(-c4cccc(C(F)F)n4)nn4cccc34)ccnc2c1. The fraction of sp³-hybridized carbons (Fsp3) is 0.0909. The Kier molecular flexibility index (Phi) is 4.62. The van der Waals surface area contributed by atoms with E-state index in [4.69, 9.17) is 4.74 Å². The molecule has 4 aromatic heterocycles. The first kappa shape index (κ1) is 18.9. The molecule has 0 fully saturated rings. The number of hydrogen-bond acceptors (Lipinski definition) is 6. The Labute approximate surface area is 175 Å². The van der Waals surface area contributed by atoms with Crippen molar-refractivity contribution in [2.24, 2.45) is 0 Å². The fourth-order valence-corrected chi connectivity index (χ4v) is 3.32. The van der Waals surface area contributed by atoms with E-state index in [1.165, 1.54) is 12.1 Å². The predicted octanol–water partition coefficient (Wildman–Crippen LogP) is 5.03. The number of halogens is 2. The quantitative estimate of drug-likeness (QED) is 0.431. The van der Waals surface area contributed by atoms with Gasteiger partial charge in [0.25, 0.3) is 6.43 Å². The van der Waals surface area contributed by atoms with Gasteiger partial charge in [-0.1, -0.05) is 6.07 Å². The number of hydrogen-bond donors (Lipinski definition) is 1. The van der Waals surface area contributed by atoms with Gasteiger partial charge < -0.3 is 10.1 Å². The summed E-state index contributed by atoms with van der Waals surface area (Å²) in [5.74, 6) is 1.46. The number of alkyl halides is 2. The van der Waals surface area contributed by atoms with Gasteiger partial charge in [0.05, 0.1) is 18.3 Å². The summed E-state index contributed by atoms with van der Waals surface area (Å²) in [6, 6.07) is 15.5. The van der Waals surface area contributed by atoms with E-state index < -0.39 is 6.43 Å². The lowest BCUT2D eigenvalue weighted by molar-refractivity contribution is 0.146. The van der Waals surface area contributed by atoms with Gasteiger partial charge in [-0.05, 0) is 42.5 Å². The van der Waals surface area contributed by atoms with E-state index in [-0.39, 0.29) is 17.2 Å². The molecule has 5 aromatic rings. The standard InChI is InChI=1S/C22H16F2N6O/c1-31-13-7-8-14-15(9-10-25-18(14)12-13)27-22-19-6-3-11-30(19)29-21(28-22)17-5-2-4-16(26-17)20(23)24/h2-12,20H,1H3,(H,25,27,28,29). The molecular formula is C22H16F2N6O. The number of nitrogens with one attached hydrogen (secondary N) is 1. The summed E-state index contributed by atoms with van der Waals surface area (Å²) in [5.41, 5.74) is 2.22. The van der Waals surface area contributed by atoms with Crippen molar-refractivity contribution in [2.45, 2.75) is 6.43 Å². The van der Waals surface area contributed by atoms with Crippen molar-refractivity contribution in [3.05, 3.63) is 72.7 Å². The lowest BCUT2D eigenvalue weighted by Crippen LogP contribution is -2.05. The van der Waals surface area contributed by atoms with E-state index >= 15 is 0 Å². The van der Waals surface area contributed by atoms with E-state index in [0.717, 1.165) is 22.1 Å². The van der Waals surface area contributed by atoms with Crippen LogP contribution in [0.2, 0.25) is 0 Å². The van der Waals surface area contributed by atoms with Crippen LogP contribution in [-0.4, -0.2) is 31.7 Å². The third kappa shape index (κ3) is 3.50. The van der Waals surface area contributed by atoms with Gasteiger partial charge in [0.15, 0.2) is 5.82 Å². The second-order valence-electron chi connectivity index (χ2n) is 6.74. The Bertz CT molecular complexity index is 1400. The van der Waals surface area contributed by atoms with Crippen molar-refractivity contribution in [1.29, 1.82) is 0 Å². The van der Waals surface area contributed by atoms with Crippen molar-refractivity contribution in [1.82, 2.24) is 24.6 Å².